The number of hydrogen-bond donors (Lipinski definition) is 6. The van der Waals surface area contributed by atoms with Crippen molar-refractivity contribution >= 4 is 92.2 Å². The van der Waals surface area contributed by atoms with Crippen molar-refractivity contribution < 1.29 is 65.9 Å². The number of aromatic nitrogens is 6. The molecular formula is C96H103F2N23O12S. The van der Waals surface area contributed by atoms with Gasteiger partial charge in [0.15, 0.2) is 29.8 Å². The van der Waals surface area contributed by atoms with Gasteiger partial charge in [-0.1, -0.05) is 11.8 Å². The Bertz CT molecular complexity index is 5850. The van der Waals surface area contributed by atoms with Crippen LogP contribution in [0.2, 0.25) is 0 Å². The zero-order valence-electron chi connectivity index (χ0n) is 74.0. The Morgan fingerprint density at radius 1 is 0.463 bits per heavy atom. The third-order valence-electron chi connectivity index (χ3n) is 25.8. The quantitative estimate of drug-likeness (QED) is 0.0307. The first-order chi connectivity index (χ1) is 65.4. The Morgan fingerprint density at radius 2 is 0.873 bits per heavy atom. The lowest BCUT2D eigenvalue weighted by atomic mass is 10.0. The maximum Gasteiger partial charge on any atom is 0.279 e. The number of alkyl halides is 2. The maximum atomic E-state index is 15.2. The molecule has 11 aliphatic heterocycles. The molecule has 38 heteroatoms. The summed E-state index contributed by atoms with van der Waals surface area (Å²) in [6.45, 7) is 17.9. The van der Waals surface area contributed by atoms with Gasteiger partial charge in [-0.25, -0.2) is 38.7 Å². The van der Waals surface area contributed by atoms with Gasteiger partial charge in [0, 0.05) is 186 Å². The number of methoxy groups -OCH3 is 1. The summed E-state index contributed by atoms with van der Waals surface area (Å²) in [5.74, 6) is 4.61. The molecule has 20 rings (SSSR count). The number of nitrogens with zero attached hydrogens (tertiary/aromatic N) is 17. The zero-order chi connectivity index (χ0) is 92.1. The summed E-state index contributed by atoms with van der Waals surface area (Å²) in [4.78, 5) is 104. The van der Waals surface area contributed by atoms with E-state index < -0.39 is 36.6 Å². The zero-order valence-corrected chi connectivity index (χ0v) is 74.8. The molecule has 5 amide bonds. The number of likely N-dealkylation sites (tertiary alicyclic amines) is 2. The molecule has 3 aromatic heterocycles. The fraction of sp³-hybridized carbons (Fsp3) is 0.417. The number of piperidine rings is 3. The van der Waals surface area contributed by atoms with Crippen LogP contribution in [0.1, 0.15) is 48.8 Å². The van der Waals surface area contributed by atoms with Crippen LogP contribution in [-0.4, -0.2) is 308 Å². The Kier molecular flexibility index (Phi) is 28.5. The van der Waals surface area contributed by atoms with Crippen molar-refractivity contribution in [1.29, 1.82) is 15.8 Å². The number of carbonyl (C=O) groups is 5. The van der Waals surface area contributed by atoms with Crippen LogP contribution in [0.15, 0.2) is 158 Å². The average Bonchev–Trinajstić information content (AvgIpc) is 0.853. The van der Waals surface area contributed by atoms with Crippen molar-refractivity contribution in [2.45, 2.75) is 93.0 Å². The van der Waals surface area contributed by atoms with E-state index in [1.54, 1.807) is 92.4 Å². The molecule has 0 saturated carbocycles. The maximum absolute atomic E-state index is 15.2. The minimum atomic E-state index is -1.44. The number of nitrogens with one attached hydrogen (secondary N) is 6. The van der Waals surface area contributed by atoms with Crippen molar-refractivity contribution in [1.82, 2.24) is 70.4 Å². The summed E-state index contributed by atoms with van der Waals surface area (Å²) >= 11 is 1.05. The molecule has 134 heavy (non-hydrogen) atoms. The number of carbonyl (C=O) groups excluding carboxylic acids is 5. The second kappa shape index (κ2) is 42.1. The number of rotatable bonds is 24. The summed E-state index contributed by atoms with van der Waals surface area (Å²) in [6, 6.07) is 50.4. The number of piperazine rings is 3. The molecule has 11 fully saturated rings. The number of β-lactam (4-membered cyclic amide) rings is 1. The van der Waals surface area contributed by atoms with Gasteiger partial charge in [-0.2, -0.15) is 15.8 Å². The Hall–Kier alpha value is -13.7. The molecule has 9 aromatic rings. The van der Waals surface area contributed by atoms with Gasteiger partial charge in [0.05, 0.1) is 113 Å². The van der Waals surface area contributed by atoms with Crippen molar-refractivity contribution in [2.75, 3.05) is 194 Å². The highest BCUT2D eigenvalue weighted by molar-refractivity contribution is 8.14. The average molecular weight is 1840 g/mol. The van der Waals surface area contributed by atoms with E-state index in [9.17, 15) is 39.8 Å². The summed E-state index contributed by atoms with van der Waals surface area (Å²) in [5.41, 5.74) is 8.89. The molecule has 6 aromatic carbocycles. The van der Waals surface area contributed by atoms with Gasteiger partial charge >= 0.3 is 0 Å². The predicted molar refractivity (Wildman–Crippen MR) is 496 cm³/mol. The fourth-order valence-corrected chi connectivity index (χ4v) is 18.6. The smallest absolute Gasteiger partial charge is 0.279 e. The van der Waals surface area contributed by atoms with Gasteiger partial charge in [-0.05, 0) is 140 Å². The third kappa shape index (κ3) is 21.8. The first kappa shape index (κ1) is 90.9. The third-order valence-corrected chi connectivity index (χ3v) is 26.7. The number of thioether (sulfide) groups is 1. The molecule has 0 spiro atoms. The van der Waals surface area contributed by atoms with Crippen LogP contribution in [-0.2, 0) is 33.4 Å². The van der Waals surface area contributed by atoms with E-state index in [2.05, 4.69) is 140 Å². The second-order valence-corrected chi connectivity index (χ2v) is 35.4. The number of hydrogen-bond acceptors (Lipinski definition) is 31. The van der Waals surface area contributed by atoms with Crippen LogP contribution in [0.3, 0.4) is 0 Å². The summed E-state index contributed by atoms with van der Waals surface area (Å²) < 4.78 is 69.9. The molecule has 7 atom stereocenters. The molecular weight excluding hydrogens is 1740 g/mol. The van der Waals surface area contributed by atoms with E-state index in [-0.39, 0.29) is 89.9 Å². The van der Waals surface area contributed by atoms with Crippen LogP contribution in [0.4, 0.5) is 65.2 Å². The van der Waals surface area contributed by atoms with E-state index in [4.69, 9.17) is 33.2 Å². The lowest BCUT2D eigenvalue weighted by Crippen LogP contribution is -2.60. The van der Waals surface area contributed by atoms with Crippen LogP contribution in [0, 0.1) is 34.0 Å². The number of anilines is 9. The number of ether oxygens (including phenoxy) is 7. The highest BCUT2D eigenvalue weighted by atomic mass is 32.2. The van der Waals surface area contributed by atoms with Crippen molar-refractivity contribution in [3.8, 4) is 75.4 Å². The SMILES string of the molecule is COc1cc(Nc2ccnc(-c3ccc(O[C@@H]4CCC(=O)NC4)c(C#N)c3)n2)ccc1N1CCN(C2COC2)CC1.N#Cc1cc(-c2nccc(Nc3ccc(N4CCN(C5COC5)CC4)cc3)n2)ccc1O[C@H]1CCN(C(=O)[C@@H]2CC(=O)N2)C[C@H]1F.N#Cc1cc(-c2nccc(Nc3ccc(N4CCN(C5COC5)CC4)cc3)n2)ccc1O[C@H]1CCN(C(=O)[C@@H]2CSC(=O)N2)C[C@H]1F. The Balaban J connectivity index is 0.000000135. The predicted octanol–water partition coefficient (Wildman–Crippen LogP) is 8.85. The van der Waals surface area contributed by atoms with Gasteiger partial charge in [0.1, 0.15) is 89.1 Å². The molecule has 11 saturated heterocycles. The molecule has 0 unspecified atom stereocenters. The van der Waals surface area contributed by atoms with E-state index in [1.165, 1.54) is 21.2 Å². The van der Waals surface area contributed by atoms with Crippen LogP contribution >= 0.6 is 11.8 Å². The Labute approximate surface area is 777 Å². The van der Waals surface area contributed by atoms with Gasteiger partial charge in [-0.15, -0.1) is 0 Å². The Morgan fingerprint density at radius 3 is 1.25 bits per heavy atom. The fourth-order valence-electron chi connectivity index (χ4n) is 17.8. The number of nitriles is 3. The molecule has 11 aliphatic rings. The van der Waals surface area contributed by atoms with E-state index in [1.807, 2.05) is 42.5 Å². The topological polar surface area (TPSA) is 397 Å². The monoisotopic (exact) mass is 1840 g/mol. The van der Waals surface area contributed by atoms with E-state index in [0.29, 0.717) is 119 Å². The molecule has 14 heterocycles. The standard InChI is InChI=1S/C33H35FN8O4S.C33H35FN8O4.C30H33N7O4/c34-26-17-42(32(43)27-20-47-33(44)38-27)10-8-29(26)46-28-6-1-21(15-22(28)16-35)31-36-9-7-30(39-31)37-23-2-4-24(5-3-23)40-11-13-41(14-12-40)25-18-45-19-25;34-26-18-42(33(44)27-16-31(43)38-27)10-8-29(26)46-28-6-1-21(15-22(28)17-35)32-36-9-7-30(39-32)37-23-2-4-24(5-3-23)40-11-13-41(14-12-40)25-19-45-20-25;1-39-27-15-22(3-5-25(27)37-12-10-36(11-13-37)23-18-40-19-23)34-28-8-9-32-30(35-28)20-2-6-26(21(14-20)16-31)41-24-4-7-29(38)33-17-24/h1-7,9,15,25-27,29H,8,10-14,17-20H2,(H,38,44)(H,36,37,39);1-7,9,15,25-27,29H,8,10-14,16,18-20H2,(H,38,43)(H,36,37,39);2-3,5-6,8-9,14-15,23-24H,4,7,10-13,17-19H2,1H3,(H,33,38)(H,32,34,35)/t2*26-,27+,29+;24-/m111/s1. The van der Waals surface area contributed by atoms with Crippen LogP contribution < -0.4 is 65.5 Å². The van der Waals surface area contributed by atoms with E-state index in [0.717, 1.165) is 158 Å². The largest absolute Gasteiger partial charge is 0.495 e. The molecule has 35 nitrogen and oxygen atoms in total. The van der Waals surface area contributed by atoms with Gasteiger partial charge in [0.2, 0.25) is 23.6 Å². The van der Waals surface area contributed by atoms with Gasteiger partial charge in [-0.3, -0.25) is 38.7 Å². The lowest BCUT2D eigenvalue weighted by Gasteiger charge is -2.43. The molecule has 6 N–H and O–H groups in total. The summed E-state index contributed by atoms with van der Waals surface area (Å²) in [6.07, 6.45) is 2.04. The van der Waals surface area contributed by atoms with E-state index >= 15 is 8.78 Å². The number of halogens is 2. The van der Waals surface area contributed by atoms with Gasteiger partial charge in [0.25, 0.3) is 5.24 Å². The molecule has 694 valence electrons. The lowest BCUT2D eigenvalue weighted by molar-refractivity contribution is -0.146. The minimum absolute atomic E-state index is 0.0227. The minimum Gasteiger partial charge on any atom is -0.495 e. The first-order valence-corrected chi connectivity index (χ1v) is 46.3. The second-order valence-electron chi connectivity index (χ2n) is 34.5. The van der Waals surface area contributed by atoms with Crippen molar-refractivity contribution in [3.05, 3.63) is 175 Å². The molecule has 0 radical (unpaired) electrons. The summed E-state index contributed by atoms with van der Waals surface area (Å²) in [7, 11) is 1.69. The van der Waals surface area contributed by atoms with Crippen LogP contribution in [0.5, 0.6) is 23.0 Å². The van der Waals surface area contributed by atoms with Crippen molar-refractivity contribution in [2.24, 2.45) is 0 Å². The normalized spacial score (nSPS) is 22.3. The molecule has 0 aliphatic carbocycles. The van der Waals surface area contributed by atoms with Gasteiger partial charge < -0.3 is 89.6 Å². The molecule has 0 bridgehead atoms. The number of amides is 5. The number of benzene rings is 6. The summed E-state index contributed by atoms with van der Waals surface area (Å²) in [5, 5.41) is 47.2. The van der Waals surface area contributed by atoms with Crippen LogP contribution in [0.25, 0.3) is 34.2 Å². The highest BCUT2D eigenvalue weighted by Crippen LogP contribution is 2.38. The van der Waals surface area contributed by atoms with Crippen molar-refractivity contribution in [3.63, 3.8) is 0 Å². The first-order valence-electron chi connectivity index (χ1n) is 45.3. The highest BCUT2D eigenvalue weighted by Gasteiger charge is 2.42.